The summed E-state index contributed by atoms with van der Waals surface area (Å²) < 4.78 is 34.0. The fraction of sp³-hybridized carbons (Fsp3) is 0.400. The zero-order valence-electron chi connectivity index (χ0n) is 16.8. The van der Waals surface area contributed by atoms with Crippen LogP contribution in [-0.4, -0.2) is 55.9 Å². The van der Waals surface area contributed by atoms with Gasteiger partial charge in [0.2, 0.25) is 10.0 Å². The minimum atomic E-state index is -3.70. The van der Waals surface area contributed by atoms with E-state index in [2.05, 4.69) is 5.16 Å². The van der Waals surface area contributed by atoms with E-state index in [1.165, 1.54) is 15.6 Å². The van der Waals surface area contributed by atoms with Crippen LogP contribution >= 0.6 is 11.3 Å². The number of nitrogens with zero attached hydrogens (tertiary/aromatic N) is 3. The third-order valence-corrected chi connectivity index (χ3v) is 8.64. The zero-order valence-corrected chi connectivity index (χ0v) is 18.4. The average Bonchev–Trinajstić information content (AvgIpc) is 3.37. The molecule has 7 nitrogen and oxygen atoms in total. The van der Waals surface area contributed by atoms with Gasteiger partial charge in [0.15, 0.2) is 5.76 Å². The number of hydrogen-bond donors (Lipinski definition) is 0. The highest BCUT2D eigenvalue weighted by Crippen LogP contribution is 2.41. The van der Waals surface area contributed by atoms with E-state index in [0.29, 0.717) is 35.8 Å². The highest BCUT2D eigenvalue weighted by Gasteiger charge is 2.38. The predicted molar refractivity (Wildman–Crippen MR) is 112 cm³/mol. The number of rotatable bonds is 4. The molecule has 0 N–H and O–H groups in total. The van der Waals surface area contributed by atoms with Crippen molar-refractivity contribution in [3.63, 3.8) is 0 Å². The van der Waals surface area contributed by atoms with Crippen molar-refractivity contribution < 1.29 is 17.7 Å². The number of hydrogen-bond acceptors (Lipinski definition) is 6. The van der Waals surface area contributed by atoms with Gasteiger partial charge >= 0.3 is 0 Å². The van der Waals surface area contributed by atoms with Crippen molar-refractivity contribution in [1.29, 1.82) is 0 Å². The molecule has 0 aliphatic carbocycles. The van der Waals surface area contributed by atoms with Crippen molar-refractivity contribution in [2.75, 3.05) is 27.2 Å². The molecule has 1 unspecified atom stereocenters. The van der Waals surface area contributed by atoms with Crippen molar-refractivity contribution >= 4 is 37.4 Å². The Morgan fingerprint density at radius 1 is 1.28 bits per heavy atom. The number of benzene rings is 1. The number of carbonyl (C=O) groups is 1. The van der Waals surface area contributed by atoms with Gasteiger partial charge in [-0.05, 0) is 37.3 Å². The van der Waals surface area contributed by atoms with Gasteiger partial charge in [0.25, 0.3) is 5.91 Å². The number of aryl methyl sites for hydroxylation is 2. The number of aromatic nitrogens is 1. The van der Waals surface area contributed by atoms with Crippen LogP contribution in [0.2, 0.25) is 0 Å². The molecule has 3 aromatic rings. The van der Waals surface area contributed by atoms with Crippen LogP contribution in [0.5, 0.6) is 0 Å². The summed E-state index contributed by atoms with van der Waals surface area (Å²) in [5, 5.41) is 4.82. The summed E-state index contributed by atoms with van der Waals surface area (Å²) in [5.41, 5.74) is 1.33. The zero-order chi connectivity index (χ0) is 20.9. The van der Waals surface area contributed by atoms with E-state index in [1.54, 1.807) is 32.8 Å². The van der Waals surface area contributed by atoms with E-state index in [0.717, 1.165) is 15.6 Å². The molecule has 1 aliphatic rings. The fourth-order valence-electron chi connectivity index (χ4n) is 3.99. The Balaban J connectivity index is 1.74. The van der Waals surface area contributed by atoms with E-state index in [-0.39, 0.29) is 16.7 Å². The molecule has 0 bridgehead atoms. The standard InChI is InChI=1S/C20H23N3O4S2/c1-12-19(13(2)27-21-12)29(25,26)23-10-9-14(11-23)17-15-7-5-6-8-16(15)28-18(17)20(24)22(3)4/h5-8,14H,9-11H2,1-4H3. The van der Waals surface area contributed by atoms with Crippen molar-refractivity contribution in [3.05, 3.63) is 46.2 Å². The van der Waals surface area contributed by atoms with E-state index in [4.69, 9.17) is 4.52 Å². The summed E-state index contributed by atoms with van der Waals surface area (Å²) in [7, 11) is -0.227. The van der Waals surface area contributed by atoms with Crippen LogP contribution < -0.4 is 0 Å². The third-order valence-electron chi connectivity index (χ3n) is 5.36. The maximum Gasteiger partial charge on any atom is 0.263 e. The lowest BCUT2D eigenvalue weighted by Gasteiger charge is -2.17. The molecule has 3 heterocycles. The van der Waals surface area contributed by atoms with Gasteiger partial charge in [0.1, 0.15) is 10.6 Å². The molecule has 9 heteroatoms. The van der Waals surface area contributed by atoms with Crippen molar-refractivity contribution in [2.24, 2.45) is 0 Å². The van der Waals surface area contributed by atoms with Gasteiger partial charge in [-0.3, -0.25) is 4.79 Å². The summed E-state index contributed by atoms with van der Waals surface area (Å²) in [6.45, 7) is 3.98. The van der Waals surface area contributed by atoms with Gasteiger partial charge in [-0.25, -0.2) is 8.42 Å². The second kappa shape index (κ2) is 7.23. The Hall–Kier alpha value is -2.23. The van der Waals surface area contributed by atoms with E-state index < -0.39 is 10.0 Å². The summed E-state index contributed by atoms with van der Waals surface area (Å²) in [4.78, 5) is 15.2. The van der Waals surface area contributed by atoms with Crippen molar-refractivity contribution in [1.82, 2.24) is 14.4 Å². The molecule has 2 aromatic heterocycles. The van der Waals surface area contributed by atoms with Crippen LogP contribution in [0.15, 0.2) is 33.7 Å². The largest absolute Gasteiger partial charge is 0.360 e. The average molecular weight is 434 g/mol. The SMILES string of the molecule is Cc1noc(C)c1S(=O)(=O)N1CCC(c2c(C(=O)N(C)C)sc3ccccc23)C1. The molecule has 1 amide bonds. The second-order valence-electron chi connectivity index (χ2n) is 7.54. The molecule has 0 spiro atoms. The van der Waals surface area contributed by atoms with Crippen LogP contribution in [0.25, 0.3) is 10.1 Å². The molecule has 1 atom stereocenters. The van der Waals surface area contributed by atoms with Crippen LogP contribution in [0, 0.1) is 13.8 Å². The molecule has 1 saturated heterocycles. The lowest BCUT2D eigenvalue weighted by Crippen LogP contribution is -2.29. The first-order valence-electron chi connectivity index (χ1n) is 9.38. The van der Waals surface area contributed by atoms with Crippen LogP contribution in [0.3, 0.4) is 0 Å². The lowest BCUT2D eigenvalue weighted by atomic mass is 9.95. The minimum absolute atomic E-state index is 0.0414. The van der Waals surface area contributed by atoms with Gasteiger partial charge < -0.3 is 9.42 Å². The van der Waals surface area contributed by atoms with Crippen molar-refractivity contribution in [2.45, 2.75) is 31.1 Å². The molecule has 1 aliphatic heterocycles. The first kappa shape index (κ1) is 20.1. The lowest BCUT2D eigenvalue weighted by molar-refractivity contribution is 0.0831. The molecular formula is C20H23N3O4S2. The topological polar surface area (TPSA) is 83.7 Å². The Bertz CT molecular complexity index is 1170. The smallest absolute Gasteiger partial charge is 0.263 e. The summed E-state index contributed by atoms with van der Waals surface area (Å²) in [6.07, 6.45) is 0.664. The third kappa shape index (κ3) is 3.27. The van der Waals surface area contributed by atoms with Crippen LogP contribution in [0.1, 0.15) is 39.0 Å². The molecule has 1 fully saturated rings. The fourth-order valence-corrected chi connectivity index (χ4v) is 7.09. The number of carbonyl (C=O) groups excluding carboxylic acids is 1. The van der Waals surface area contributed by atoms with E-state index in [1.807, 2.05) is 24.3 Å². The molecule has 29 heavy (non-hydrogen) atoms. The number of amides is 1. The Kier molecular flexibility index (Phi) is 5.00. The molecule has 0 saturated carbocycles. The summed E-state index contributed by atoms with van der Waals surface area (Å²) >= 11 is 1.47. The van der Waals surface area contributed by atoms with Gasteiger partial charge in [-0.2, -0.15) is 4.31 Å². The van der Waals surface area contributed by atoms with E-state index in [9.17, 15) is 13.2 Å². The number of sulfonamides is 1. The van der Waals surface area contributed by atoms with E-state index >= 15 is 0 Å². The van der Waals surface area contributed by atoms with Gasteiger partial charge in [-0.15, -0.1) is 11.3 Å². The molecular weight excluding hydrogens is 410 g/mol. The minimum Gasteiger partial charge on any atom is -0.360 e. The molecule has 1 aromatic carbocycles. The van der Waals surface area contributed by atoms with Gasteiger partial charge in [0, 0.05) is 37.8 Å². The Morgan fingerprint density at radius 2 is 2.00 bits per heavy atom. The molecule has 0 radical (unpaired) electrons. The van der Waals surface area contributed by atoms with Gasteiger partial charge in [0.05, 0.1) is 4.88 Å². The number of fused-ring (bicyclic) bond motifs is 1. The Labute approximate surface area is 173 Å². The van der Waals surface area contributed by atoms with Crippen molar-refractivity contribution in [3.8, 4) is 0 Å². The highest BCUT2D eigenvalue weighted by atomic mass is 32.2. The maximum absolute atomic E-state index is 13.2. The highest BCUT2D eigenvalue weighted by molar-refractivity contribution is 7.89. The van der Waals surface area contributed by atoms with Gasteiger partial charge in [-0.1, -0.05) is 23.4 Å². The number of thiophene rings is 1. The summed E-state index contributed by atoms with van der Waals surface area (Å²) in [5.74, 6) is 0.212. The normalized spacial score (nSPS) is 17.9. The predicted octanol–water partition coefficient (Wildman–Crippen LogP) is 3.39. The molecule has 4 rings (SSSR count). The second-order valence-corrected chi connectivity index (χ2v) is 10.5. The molecule has 154 valence electrons. The van der Waals surface area contributed by atoms with Crippen LogP contribution in [-0.2, 0) is 10.0 Å². The summed E-state index contributed by atoms with van der Waals surface area (Å²) in [6, 6.07) is 7.92. The first-order chi connectivity index (χ1) is 13.7. The Morgan fingerprint density at radius 3 is 2.66 bits per heavy atom. The maximum atomic E-state index is 13.2. The van der Waals surface area contributed by atoms with Crippen LogP contribution in [0.4, 0.5) is 0 Å². The monoisotopic (exact) mass is 433 g/mol. The quantitative estimate of drug-likeness (QED) is 0.630. The first-order valence-corrected chi connectivity index (χ1v) is 11.6.